The van der Waals surface area contributed by atoms with Gasteiger partial charge in [0.15, 0.2) is 0 Å². The van der Waals surface area contributed by atoms with E-state index >= 15 is 0 Å². The van der Waals surface area contributed by atoms with Crippen molar-refractivity contribution in [2.75, 3.05) is 7.11 Å². The Morgan fingerprint density at radius 3 is 2.35 bits per heavy atom. The van der Waals surface area contributed by atoms with E-state index < -0.39 is 11.9 Å². The van der Waals surface area contributed by atoms with E-state index in [9.17, 15) is 9.59 Å². The van der Waals surface area contributed by atoms with Gasteiger partial charge in [-0.2, -0.15) is 0 Å². The number of methoxy groups -OCH3 is 1. The molecule has 0 spiro atoms. The van der Waals surface area contributed by atoms with Gasteiger partial charge in [-0.05, 0) is 37.6 Å². The normalized spacial score (nSPS) is 10.6. The maximum absolute atomic E-state index is 12.3. The molecule has 5 heteroatoms. The van der Waals surface area contributed by atoms with E-state index in [1.54, 1.807) is 12.1 Å². The lowest BCUT2D eigenvalue weighted by molar-refractivity contribution is 0.0455. The van der Waals surface area contributed by atoms with Crippen LogP contribution in [0.4, 0.5) is 0 Å². The van der Waals surface area contributed by atoms with Crippen molar-refractivity contribution in [3.8, 4) is 0 Å². The van der Waals surface area contributed by atoms with Gasteiger partial charge in [0.05, 0.1) is 29.4 Å². The van der Waals surface area contributed by atoms with Gasteiger partial charge < -0.3 is 9.47 Å². The van der Waals surface area contributed by atoms with Crippen molar-refractivity contribution in [2.45, 2.75) is 20.5 Å². The third-order valence-corrected chi connectivity index (χ3v) is 4.24. The summed E-state index contributed by atoms with van der Waals surface area (Å²) in [4.78, 5) is 29.0. The van der Waals surface area contributed by atoms with Crippen LogP contribution in [0.15, 0.2) is 48.5 Å². The van der Waals surface area contributed by atoms with Crippen molar-refractivity contribution in [1.82, 2.24) is 4.98 Å². The topological polar surface area (TPSA) is 65.5 Å². The number of hydrogen-bond donors (Lipinski definition) is 0. The number of para-hydroxylation sites is 1. The lowest BCUT2D eigenvalue weighted by Gasteiger charge is -2.13. The molecule has 0 radical (unpaired) electrons. The fraction of sp³-hybridized carbons (Fsp3) is 0.190. The van der Waals surface area contributed by atoms with E-state index in [4.69, 9.17) is 9.47 Å². The number of carbonyl (C=O) groups is 2. The quantitative estimate of drug-likeness (QED) is 0.666. The number of aryl methyl sites for hydroxylation is 2. The van der Waals surface area contributed by atoms with Crippen LogP contribution >= 0.6 is 0 Å². The van der Waals surface area contributed by atoms with E-state index in [-0.39, 0.29) is 6.61 Å². The number of hydrogen-bond acceptors (Lipinski definition) is 5. The molecule has 1 aromatic heterocycles. The molecule has 0 N–H and O–H groups in total. The van der Waals surface area contributed by atoms with Gasteiger partial charge in [-0.1, -0.05) is 35.9 Å². The summed E-state index contributed by atoms with van der Waals surface area (Å²) < 4.78 is 10.3. The standard InChI is InChI=1S/C21H19NO4/c1-13-8-10-15(11-9-13)20(23)26-12-18-19(21(24)25-3)14(2)16-6-4-5-7-17(16)22-18/h4-11H,12H2,1-3H3. The predicted octanol–water partition coefficient (Wildman–Crippen LogP) is 4.00. The van der Waals surface area contributed by atoms with Crippen molar-refractivity contribution >= 4 is 22.8 Å². The molecular weight excluding hydrogens is 330 g/mol. The van der Waals surface area contributed by atoms with Crippen LogP contribution in [-0.2, 0) is 16.1 Å². The van der Waals surface area contributed by atoms with Crippen LogP contribution < -0.4 is 0 Å². The summed E-state index contributed by atoms with van der Waals surface area (Å²) in [6.07, 6.45) is 0. The maximum Gasteiger partial charge on any atom is 0.340 e. The maximum atomic E-state index is 12.3. The molecule has 0 aliphatic rings. The number of benzene rings is 2. The van der Waals surface area contributed by atoms with Crippen LogP contribution in [0.5, 0.6) is 0 Å². The number of nitrogens with zero attached hydrogens (tertiary/aromatic N) is 1. The Kier molecular flexibility index (Phi) is 4.98. The Morgan fingerprint density at radius 1 is 0.962 bits per heavy atom. The summed E-state index contributed by atoms with van der Waals surface area (Å²) in [5.74, 6) is -0.962. The molecule has 3 aromatic rings. The smallest absolute Gasteiger partial charge is 0.340 e. The van der Waals surface area contributed by atoms with Crippen LogP contribution in [0.3, 0.4) is 0 Å². The predicted molar refractivity (Wildman–Crippen MR) is 98.1 cm³/mol. The SMILES string of the molecule is COC(=O)c1c(COC(=O)c2ccc(C)cc2)nc2ccccc2c1C. The molecule has 0 aliphatic heterocycles. The third kappa shape index (κ3) is 3.42. The monoisotopic (exact) mass is 349 g/mol. The number of rotatable bonds is 4. The van der Waals surface area contributed by atoms with Gasteiger partial charge in [0.1, 0.15) is 6.61 Å². The van der Waals surface area contributed by atoms with Gasteiger partial charge in [0, 0.05) is 5.39 Å². The first-order valence-electron chi connectivity index (χ1n) is 8.21. The number of fused-ring (bicyclic) bond motifs is 1. The zero-order valence-electron chi connectivity index (χ0n) is 14.9. The third-order valence-electron chi connectivity index (χ3n) is 4.24. The molecule has 132 valence electrons. The first kappa shape index (κ1) is 17.6. The first-order valence-corrected chi connectivity index (χ1v) is 8.21. The highest BCUT2D eigenvalue weighted by Crippen LogP contribution is 2.24. The molecule has 0 amide bonds. The molecule has 26 heavy (non-hydrogen) atoms. The summed E-state index contributed by atoms with van der Waals surface area (Å²) in [5.41, 5.74) is 3.72. The highest BCUT2D eigenvalue weighted by Gasteiger charge is 2.20. The average molecular weight is 349 g/mol. The van der Waals surface area contributed by atoms with E-state index in [2.05, 4.69) is 4.98 Å². The molecule has 0 fully saturated rings. The summed E-state index contributed by atoms with van der Waals surface area (Å²) in [6, 6.07) is 14.6. The number of esters is 2. The molecule has 3 rings (SSSR count). The molecule has 0 aliphatic carbocycles. The Labute approximate surface area is 151 Å². The molecule has 0 unspecified atom stereocenters. The summed E-state index contributed by atoms with van der Waals surface area (Å²) in [5, 5.41) is 0.863. The van der Waals surface area contributed by atoms with Gasteiger partial charge in [-0.25, -0.2) is 14.6 Å². The minimum Gasteiger partial charge on any atom is -0.465 e. The lowest BCUT2D eigenvalue weighted by Crippen LogP contribution is -2.14. The lowest BCUT2D eigenvalue weighted by atomic mass is 10.0. The fourth-order valence-electron chi connectivity index (χ4n) is 2.82. The van der Waals surface area contributed by atoms with Crippen molar-refractivity contribution in [3.63, 3.8) is 0 Å². The summed E-state index contributed by atoms with van der Waals surface area (Å²) in [7, 11) is 1.32. The Bertz CT molecular complexity index is 977. The van der Waals surface area contributed by atoms with Gasteiger partial charge in [0.2, 0.25) is 0 Å². The van der Waals surface area contributed by atoms with Gasteiger partial charge in [0.25, 0.3) is 0 Å². The van der Waals surface area contributed by atoms with E-state index in [1.165, 1.54) is 7.11 Å². The summed E-state index contributed by atoms with van der Waals surface area (Å²) >= 11 is 0. The zero-order valence-corrected chi connectivity index (χ0v) is 14.9. The largest absolute Gasteiger partial charge is 0.465 e. The minimum absolute atomic E-state index is 0.108. The van der Waals surface area contributed by atoms with Gasteiger partial charge in [-0.15, -0.1) is 0 Å². The van der Waals surface area contributed by atoms with E-state index in [0.29, 0.717) is 16.8 Å². The van der Waals surface area contributed by atoms with E-state index in [1.807, 2.05) is 50.2 Å². The van der Waals surface area contributed by atoms with Crippen molar-refractivity contribution in [3.05, 3.63) is 76.5 Å². The minimum atomic E-state index is -0.498. The van der Waals surface area contributed by atoms with Crippen molar-refractivity contribution in [2.24, 2.45) is 0 Å². The Balaban J connectivity index is 1.94. The van der Waals surface area contributed by atoms with Crippen LogP contribution in [0, 0.1) is 13.8 Å². The van der Waals surface area contributed by atoms with Crippen molar-refractivity contribution < 1.29 is 19.1 Å². The number of ether oxygens (including phenoxy) is 2. The van der Waals surface area contributed by atoms with Crippen LogP contribution in [0.1, 0.15) is 37.5 Å². The molecule has 2 aromatic carbocycles. The van der Waals surface area contributed by atoms with Gasteiger partial charge in [-0.3, -0.25) is 0 Å². The highest BCUT2D eigenvalue weighted by molar-refractivity contribution is 5.98. The van der Waals surface area contributed by atoms with Crippen LogP contribution in [0.25, 0.3) is 10.9 Å². The molecule has 1 heterocycles. The molecular formula is C21H19NO4. The molecule has 0 atom stereocenters. The molecule has 5 nitrogen and oxygen atoms in total. The second kappa shape index (κ2) is 7.35. The average Bonchev–Trinajstić information content (AvgIpc) is 2.66. The zero-order chi connectivity index (χ0) is 18.7. The first-order chi connectivity index (χ1) is 12.5. The number of aromatic nitrogens is 1. The fourth-order valence-corrected chi connectivity index (χ4v) is 2.82. The van der Waals surface area contributed by atoms with Crippen molar-refractivity contribution in [1.29, 1.82) is 0 Å². The van der Waals surface area contributed by atoms with E-state index in [0.717, 1.165) is 22.0 Å². The second-order valence-corrected chi connectivity index (χ2v) is 6.01. The Hall–Kier alpha value is -3.21. The second-order valence-electron chi connectivity index (χ2n) is 6.01. The molecule has 0 saturated carbocycles. The molecule has 0 saturated heterocycles. The molecule has 0 bridgehead atoms. The Morgan fingerprint density at radius 2 is 1.65 bits per heavy atom. The summed E-state index contributed by atoms with van der Waals surface area (Å²) in [6.45, 7) is 3.67. The van der Waals surface area contributed by atoms with Gasteiger partial charge >= 0.3 is 11.9 Å². The van der Waals surface area contributed by atoms with Crippen LogP contribution in [0.2, 0.25) is 0 Å². The van der Waals surface area contributed by atoms with Crippen LogP contribution in [-0.4, -0.2) is 24.0 Å². The number of pyridine rings is 1. The highest BCUT2D eigenvalue weighted by atomic mass is 16.5. The number of carbonyl (C=O) groups excluding carboxylic acids is 2.